The van der Waals surface area contributed by atoms with E-state index in [1.807, 2.05) is 0 Å². The Hall–Kier alpha value is -1.32. The molecular formula is C19H26N2O2. The molecular weight excluding hydrogens is 288 g/mol. The lowest BCUT2D eigenvalue weighted by molar-refractivity contribution is -0.149. The van der Waals surface area contributed by atoms with Gasteiger partial charge in [0.05, 0.1) is 5.41 Å². The predicted octanol–water partition coefficient (Wildman–Crippen LogP) is 2.56. The number of allylic oxidation sites excluding steroid dienone is 2. The summed E-state index contributed by atoms with van der Waals surface area (Å²) in [5, 5.41) is 0. The number of hydrogen-bond acceptors (Lipinski definition) is 2. The van der Waals surface area contributed by atoms with Crippen molar-refractivity contribution in [2.45, 2.75) is 51.4 Å². The fourth-order valence-corrected chi connectivity index (χ4v) is 6.81. The lowest BCUT2D eigenvalue weighted by atomic mass is 9.49. The molecule has 4 nitrogen and oxygen atoms in total. The third kappa shape index (κ3) is 2.17. The van der Waals surface area contributed by atoms with Gasteiger partial charge >= 0.3 is 0 Å². The Morgan fingerprint density at radius 1 is 0.826 bits per heavy atom. The highest BCUT2D eigenvalue weighted by Gasteiger charge is 2.54. The van der Waals surface area contributed by atoms with Crippen LogP contribution < -0.4 is 10.9 Å². The number of carbonyl (C=O) groups excluding carboxylic acids is 2. The lowest BCUT2D eigenvalue weighted by Gasteiger charge is -2.55. The van der Waals surface area contributed by atoms with Crippen molar-refractivity contribution >= 4 is 11.8 Å². The van der Waals surface area contributed by atoms with Crippen LogP contribution in [0.15, 0.2) is 12.2 Å². The zero-order chi connectivity index (χ0) is 15.6. The number of hydrazine groups is 1. The maximum Gasteiger partial charge on any atom is 0.244 e. The first-order valence-corrected chi connectivity index (χ1v) is 9.40. The van der Waals surface area contributed by atoms with Gasteiger partial charge in [0, 0.05) is 5.92 Å². The molecule has 0 aromatic rings. The average Bonchev–Trinajstić information content (AvgIpc) is 3.14. The molecule has 4 heteroatoms. The molecule has 0 unspecified atom stereocenters. The van der Waals surface area contributed by atoms with Crippen LogP contribution >= 0.6 is 0 Å². The van der Waals surface area contributed by atoms with E-state index in [0.29, 0.717) is 11.8 Å². The Morgan fingerprint density at radius 3 is 2.00 bits per heavy atom. The fourth-order valence-electron chi connectivity index (χ4n) is 6.81. The molecule has 0 saturated heterocycles. The van der Waals surface area contributed by atoms with Crippen LogP contribution in [-0.2, 0) is 9.59 Å². The summed E-state index contributed by atoms with van der Waals surface area (Å²) in [6.07, 6.45) is 13.6. The molecule has 5 fully saturated rings. The Bertz CT molecular complexity index is 547. The molecule has 6 aliphatic carbocycles. The van der Waals surface area contributed by atoms with Crippen molar-refractivity contribution in [1.82, 2.24) is 10.9 Å². The molecule has 5 saturated carbocycles. The van der Waals surface area contributed by atoms with E-state index in [1.165, 1.54) is 19.3 Å². The van der Waals surface area contributed by atoms with E-state index in [1.54, 1.807) is 0 Å². The van der Waals surface area contributed by atoms with Gasteiger partial charge in [-0.3, -0.25) is 20.4 Å². The summed E-state index contributed by atoms with van der Waals surface area (Å²) in [7, 11) is 0. The van der Waals surface area contributed by atoms with Crippen LogP contribution in [0.3, 0.4) is 0 Å². The number of fused-ring (bicyclic) bond motifs is 2. The molecule has 6 aliphatic rings. The Kier molecular flexibility index (Phi) is 2.96. The summed E-state index contributed by atoms with van der Waals surface area (Å²) in [5.41, 5.74) is 5.39. The largest absolute Gasteiger partial charge is 0.273 e. The molecule has 0 heterocycles. The van der Waals surface area contributed by atoms with Gasteiger partial charge in [-0.2, -0.15) is 0 Å². The smallest absolute Gasteiger partial charge is 0.244 e. The molecule has 23 heavy (non-hydrogen) atoms. The quantitative estimate of drug-likeness (QED) is 0.608. The first kappa shape index (κ1) is 14.1. The lowest BCUT2D eigenvalue weighted by Crippen LogP contribution is -2.57. The molecule has 6 rings (SSSR count). The minimum absolute atomic E-state index is 0.0138. The van der Waals surface area contributed by atoms with Gasteiger partial charge in [0.25, 0.3) is 0 Å². The Balaban J connectivity index is 1.22. The average molecular weight is 314 g/mol. The third-order valence-corrected chi connectivity index (χ3v) is 7.43. The highest BCUT2D eigenvalue weighted by Crippen LogP contribution is 2.60. The van der Waals surface area contributed by atoms with Crippen LogP contribution in [0.5, 0.6) is 0 Å². The van der Waals surface area contributed by atoms with Crippen LogP contribution in [0.25, 0.3) is 0 Å². The minimum atomic E-state index is -0.184. The second kappa shape index (κ2) is 4.84. The highest BCUT2D eigenvalue weighted by molar-refractivity contribution is 5.87. The van der Waals surface area contributed by atoms with Crippen molar-refractivity contribution in [3.8, 4) is 0 Å². The SMILES string of the molecule is O=C(NNC(=O)C12CC3CC(CC(C3)C1)C2)[C@@H]1C[C@H]2C=C[C@H]1C2. The molecule has 2 N–H and O–H groups in total. The number of carbonyl (C=O) groups is 2. The van der Waals surface area contributed by atoms with E-state index < -0.39 is 0 Å². The molecule has 0 aromatic carbocycles. The Labute approximate surface area is 137 Å². The van der Waals surface area contributed by atoms with E-state index in [0.717, 1.165) is 49.9 Å². The third-order valence-electron chi connectivity index (χ3n) is 7.43. The summed E-state index contributed by atoms with van der Waals surface area (Å²) in [5.74, 6) is 3.37. The number of nitrogens with one attached hydrogen (secondary N) is 2. The van der Waals surface area contributed by atoms with Crippen LogP contribution in [-0.4, -0.2) is 11.8 Å². The van der Waals surface area contributed by atoms with Crippen molar-refractivity contribution in [2.75, 3.05) is 0 Å². The molecule has 124 valence electrons. The topological polar surface area (TPSA) is 58.2 Å². The number of hydrogen-bond donors (Lipinski definition) is 2. The standard InChI is InChI=1S/C19H26N2O2/c22-17(16-7-11-1-2-15(16)6-11)20-21-18(23)19-8-12-3-13(9-19)5-14(4-12)10-19/h1-2,11-16H,3-10H2,(H,20,22)(H,21,23)/t11-,12?,13?,14?,15-,16+,19?/m0/s1. The van der Waals surface area contributed by atoms with Crippen LogP contribution in [0, 0.1) is 40.9 Å². The van der Waals surface area contributed by atoms with Gasteiger partial charge in [0.15, 0.2) is 0 Å². The van der Waals surface area contributed by atoms with Crippen molar-refractivity contribution in [2.24, 2.45) is 40.9 Å². The predicted molar refractivity (Wildman–Crippen MR) is 85.7 cm³/mol. The van der Waals surface area contributed by atoms with Crippen LogP contribution in [0.1, 0.15) is 51.4 Å². The minimum Gasteiger partial charge on any atom is -0.273 e. The van der Waals surface area contributed by atoms with E-state index in [2.05, 4.69) is 23.0 Å². The van der Waals surface area contributed by atoms with Gasteiger partial charge < -0.3 is 0 Å². The van der Waals surface area contributed by atoms with Gasteiger partial charge in [0.1, 0.15) is 0 Å². The molecule has 0 aromatic heterocycles. The van der Waals surface area contributed by atoms with E-state index in [-0.39, 0.29) is 23.1 Å². The van der Waals surface area contributed by atoms with E-state index >= 15 is 0 Å². The summed E-state index contributed by atoms with van der Waals surface area (Å²) in [6.45, 7) is 0. The van der Waals surface area contributed by atoms with Gasteiger partial charge in [-0.25, -0.2) is 0 Å². The maximum atomic E-state index is 12.8. The summed E-state index contributed by atoms with van der Waals surface area (Å²) >= 11 is 0. The van der Waals surface area contributed by atoms with Crippen LogP contribution in [0.2, 0.25) is 0 Å². The van der Waals surface area contributed by atoms with Crippen molar-refractivity contribution in [3.63, 3.8) is 0 Å². The van der Waals surface area contributed by atoms with Gasteiger partial charge in [-0.15, -0.1) is 0 Å². The second-order valence-corrected chi connectivity index (χ2v) is 9.03. The van der Waals surface area contributed by atoms with Crippen molar-refractivity contribution < 1.29 is 9.59 Å². The zero-order valence-electron chi connectivity index (χ0n) is 13.6. The van der Waals surface area contributed by atoms with E-state index in [9.17, 15) is 9.59 Å². The van der Waals surface area contributed by atoms with E-state index in [4.69, 9.17) is 0 Å². The summed E-state index contributed by atoms with van der Waals surface area (Å²) in [4.78, 5) is 25.2. The molecule has 6 bridgehead atoms. The first-order valence-electron chi connectivity index (χ1n) is 9.40. The summed E-state index contributed by atoms with van der Waals surface area (Å²) in [6, 6.07) is 0. The second-order valence-electron chi connectivity index (χ2n) is 9.03. The molecule has 0 spiro atoms. The maximum absolute atomic E-state index is 12.8. The van der Waals surface area contributed by atoms with Gasteiger partial charge in [-0.05, 0) is 81.0 Å². The molecule has 0 radical (unpaired) electrons. The monoisotopic (exact) mass is 314 g/mol. The first-order chi connectivity index (χ1) is 11.1. The van der Waals surface area contributed by atoms with Crippen LogP contribution in [0.4, 0.5) is 0 Å². The molecule has 0 aliphatic heterocycles. The zero-order valence-corrected chi connectivity index (χ0v) is 13.6. The molecule has 2 amide bonds. The number of amides is 2. The fraction of sp³-hybridized carbons (Fsp3) is 0.789. The highest BCUT2D eigenvalue weighted by atomic mass is 16.2. The van der Waals surface area contributed by atoms with Gasteiger partial charge in [0.2, 0.25) is 11.8 Å². The molecule has 3 atom stereocenters. The Morgan fingerprint density at radius 2 is 1.48 bits per heavy atom. The van der Waals surface area contributed by atoms with Gasteiger partial charge in [-0.1, -0.05) is 12.2 Å². The van der Waals surface area contributed by atoms with Crippen molar-refractivity contribution in [3.05, 3.63) is 12.2 Å². The summed E-state index contributed by atoms with van der Waals surface area (Å²) < 4.78 is 0. The normalized spacial score (nSPS) is 48.7. The van der Waals surface area contributed by atoms with Crippen molar-refractivity contribution in [1.29, 1.82) is 0 Å². The number of rotatable bonds is 2.